The van der Waals surface area contributed by atoms with Crippen molar-refractivity contribution >= 4 is 14.4 Å². The second-order valence-electron chi connectivity index (χ2n) is 8.63. The van der Waals surface area contributed by atoms with Gasteiger partial charge in [0.15, 0.2) is 8.32 Å². The fraction of sp³-hybridized carbons (Fsp3) is 0.650. The van der Waals surface area contributed by atoms with Crippen molar-refractivity contribution < 1.29 is 14.0 Å². The molecule has 0 aliphatic rings. The van der Waals surface area contributed by atoms with Gasteiger partial charge in [0.05, 0.1) is 19.3 Å². The normalized spacial score (nSPS) is 13.6. The van der Waals surface area contributed by atoms with Gasteiger partial charge in [0.1, 0.15) is 0 Å². The summed E-state index contributed by atoms with van der Waals surface area (Å²) in [5, 5.41) is 0.108. The van der Waals surface area contributed by atoms with Crippen LogP contribution in [0.5, 0.6) is 0 Å². The number of carbonyl (C=O) groups is 1. The molecule has 0 N–H and O–H groups in total. The van der Waals surface area contributed by atoms with Gasteiger partial charge < -0.3 is 14.1 Å². The van der Waals surface area contributed by atoms with Crippen molar-refractivity contribution in [3.8, 4) is 0 Å². The first kappa shape index (κ1) is 21.7. The van der Waals surface area contributed by atoms with E-state index in [1.807, 2.05) is 32.0 Å². The van der Waals surface area contributed by atoms with E-state index in [1.165, 1.54) is 0 Å². The molecule has 0 aliphatic carbocycles. The summed E-state index contributed by atoms with van der Waals surface area (Å²) >= 11 is 0. The fourth-order valence-electron chi connectivity index (χ4n) is 2.08. The summed E-state index contributed by atoms with van der Waals surface area (Å²) < 4.78 is 12.0. The largest absolute Gasteiger partial charge is 0.449 e. The second kappa shape index (κ2) is 8.85. The number of rotatable bonds is 7. The number of benzene rings is 1. The molecule has 1 unspecified atom stereocenters. The van der Waals surface area contributed by atoms with Crippen LogP contribution >= 0.6 is 0 Å². The Morgan fingerprint density at radius 3 is 2.20 bits per heavy atom. The lowest BCUT2D eigenvalue weighted by Crippen LogP contribution is -2.44. The van der Waals surface area contributed by atoms with Gasteiger partial charge in [-0.3, -0.25) is 0 Å². The predicted molar refractivity (Wildman–Crippen MR) is 106 cm³/mol. The molecule has 0 saturated carbocycles. The van der Waals surface area contributed by atoms with Crippen LogP contribution in [0.25, 0.3) is 0 Å². The number of ether oxygens (including phenoxy) is 1. The molecule has 0 aliphatic heterocycles. The van der Waals surface area contributed by atoms with Crippen LogP contribution in [0.3, 0.4) is 0 Å². The van der Waals surface area contributed by atoms with Gasteiger partial charge in [0.25, 0.3) is 0 Å². The molecule has 4 nitrogen and oxygen atoms in total. The van der Waals surface area contributed by atoms with Gasteiger partial charge in [-0.2, -0.15) is 0 Å². The van der Waals surface area contributed by atoms with E-state index in [4.69, 9.17) is 9.16 Å². The van der Waals surface area contributed by atoms with Crippen molar-refractivity contribution in [3.05, 3.63) is 35.9 Å². The van der Waals surface area contributed by atoms with Crippen molar-refractivity contribution in [3.63, 3.8) is 0 Å². The Morgan fingerprint density at radius 1 is 1.16 bits per heavy atom. The molecule has 0 saturated heterocycles. The van der Waals surface area contributed by atoms with Gasteiger partial charge in [-0.1, -0.05) is 65.0 Å². The van der Waals surface area contributed by atoms with Crippen LogP contribution in [-0.4, -0.2) is 39.5 Å². The minimum Gasteiger partial charge on any atom is -0.449 e. The number of hydrogen-bond acceptors (Lipinski definition) is 3. The topological polar surface area (TPSA) is 38.8 Å². The van der Waals surface area contributed by atoms with E-state index in [0.29, 0.717) is 19.1 Å². The van der Waals surface area contributed by atoms with E-state index in [0.717, 1.165) is 5.56 Å². The van der Waals surface area contributed by atoms with Crippen LogP contribution in [0.2, 0.25) is 18.1 Å². The summed E-state index contributed by atoms with van der Waals surface area (Å²) in [4.78, 5) is 13.9. The molecule has 1 aromatic rings. The Balaban J connectivity index is 2.91. The molecule has 0 fully saturated rings. The highest BCUT2D eigenvalue weighted by molar-refractivity contribution is 6.74. The monoisotopic (exact) mass is 365 g/mol. The molecule has 1 atom stereocenters. The van der Waals surface area contributed by atoms with Crippen LogP contribution in [0.15, 0.2) is 30.3 Å². The standard InChI is InChI=1S/C20H35NO3Si/c1-16(2)15-23-19(22)21(6)14-18(17-12-10-9-11-13-17)24-25(7,8)20(3,4)5/h9-13,16,18H,14-15H2,1-8H3. The van der Waals surface area contributed by atoms with Gasteiger partial charge in [0, 0.05) is 7.05 Å². The van der Waals surface area contributed by atoms with Crippen LogP contribution in [0, 0.1) is 5.92 Å². The summed E-state index contributed by atoms with van der Waals surface area (Å²) in [5.41, 5.74) is 1.09. The zero-order chi connectivity index (χ0) is 19.3. The van der Waals surface area contributed by atoms with Crippen LogP contribution in [0.1, 0.15) is 46.3 Å². The zero-order valence-electron chi connectivity index (χ0n) is 17.1. The molecule has 25 heavy (non-hydrogen) atoms. The van der Waals surface area contributed by atoms with Gasteiger partial charge >= 0.3 is 6.09 Å². The molecule has 5 heteroatoms. The fourth-order valence-corrected chi connectivity index (χ4v) is 3.36. The first-order valence-electron chi connectivity index (χ1n) is 9.04. The third kappa shape index (κ3) is 6.82. The minimum atomic E-state index is -1.97. The maximum Gasteiger partial charge on any atom is 0.409 e. The first-order chi connectivity index (χ1) is 11.4. The van der Waals surface area contributed by atoms with Gasteiger partial charge in [-0.05, 0) is 29.6 Å². The molecule has 0 spiro atoms. The summed E-state index contributed by atoms with van der Waals surface area (Å²) in [6, 6.07) is 10.1. The van der Waals surface area contributed by atoms with E-state index in [-0.39, 0.29) is 17.2 Å². The lowest BCUT2D eigenvalue weighted by atomic mass is 10.1. The van der Waals surface area contributed by atoms with Crippen LogP contribution in [-0.2, 0) is 9.16 Å². The van der Waals surface area contributed by atoms with Crippen molar-refractivity contribution in [2.45, 2.75) is 58.9 Å². The molecule has 0 radical (unpaired) electrons. The predicted octanol–water partition coefficient (Wildman–Crippen LogP) is 5.47. The van der Waals surface area contributed by atoms with Crippen molar-refractivity contribution in [2.75, 3.05) is 20.2 Å². The Morgan fingerprint density at radius 2 is 1.72 bits per heavy atom. The molecule has 0 aromatic heterocycles. The lowest BCUT2D eigenvalue weighted by Gasteiger charge is -2.40. The SMILES string of the molecule is CC(C)COC(=O)N(C)CC(O[Si](C)(C)C(C)(C)C)c1ccccc1. The smallest absolute Gasteiger partial charge is 0.409 e. The van der Waals surface area contributed by atoms with Crippen molar-refractivity contribution in [2.24, 2.45) is 5.92 Å². The Bertz CT molecular complexity index is 538. The summed E-state index contributed by atoms with van der Waals surface area (Å²) in [6.07, 6.45) is -0.452. The highest BCUT2D eigenvalue weighted by atomic mass is 28.4. The second-order valence-corrected chi connectivity index (χ2v) is 13.4. The number of likely N-dealkylation sites (N-methyl/N-ethyl adjacent to an activating group) is 1. The minimum absolute atomic E-state index is 0.108. The maximum atomic E-state index is 12.2. The molecule has 0 bridgehead atoms. The zero-order valence-corrected chi connectivity index (χ0v) is 18.1. The van der Waals surface area contributed by atoms with Gasteiger partial charge in [0.2, 0.25) is 0 Å². The molecule has 142 valence electrons. The Hall–Kier alpha value is -1.33. The Kier molecular flexibility index (Phi) is 7.69. The van der Waals surface area contributed by atoms with E-state index in [1.54, 1.807) is 11.9 Å². The molecule has 1 aromatic carbocycles. The summed E-state index contributed by atoms with van der Waals surface area (Å²) in [5.74, 6) is 0.325. The van der Waals surface area contributed by atoms with Gasteiger partial charge in [-0.15, -0.1) is 0 Å². The van der Waals surface area contributed by atoms with Crippen molar-refractivity contribution in [1.82, 2.24) is 4.90 Å². The average molecular weight is 366 g/mol. The molecular weight excluding hydrogens is 330 g/mol. The number of hydrogen-bond donors (Lipinski definition) is 0. The van der Waals surface area contributed by atoms with E-state index >= 15 is 0 Å². The first-order valence-corrected chi connectivity index (χ1v) is 12.0. The quantitative estimate of drug-likeness (QED) is 0.601. The Labute approximate surface area is 154 Å². The lowest BCUT2D eigenvalue weighted by molar-refractivity contribution is 0.0788. The van der Waals surface area contributed by atoms with E-state index in [2.05, 4.69) is 46.0 Å². The number of amides is 1. The molecule has 1 amide bonds. The molecular formula is C20H35NO3Si. The molecule has 0 heterocycles. The van der Waals surface area contributed by atoms with Crippen LogP contribution in [0.4, 0.5) is 4.79 Å². The third-order valence-corrected chi connectivity index (χ3v) is 9.19. The highest BCUT2D eigenvalue weighted by Gasteiger charge is 2.39. The maximum absolute atomic E-state index is 12.2. The van der Waals surface area contributed by atoms with Crippen LogP contribution < -0.4 is 0 Å². The number of carbonyl (C=O) groups excluding carboxylic acids is 1. The van der Waals surface area contributed by atoms with Gasteiger partial charge in [-0.25, -0.2) is 4.79 Å². The van der Waals surface area contributed by atoms with E-state index in [9.17, 15) is 4.79 Å². The highest BCUT2D eigenvalue weighted by Crippen LogP contribution is 2.39. The summed E-state index contributed by atoms with van der Waals surface area (Å²) in [7, 11) is -0.196. The van der Waals surface area contributed by atoms with Crippen molar-refractivity contribution in [1.29, 1.82) is 0 Å². The number of nitrogens with zero attached hydrogens (tertiary/aromatic N) is 1. The van der Waals surface area contributed by atoms with E-state index < -0.39 is 8.32 Å². The summed E-state index contributed by atoms with van der Waals surface area (Å²) in [6.45, 7) is 16.1. The average Bonchev–Trinajstić information content (AvgIpc) is 2.51. The molecule has 1 rings (SSSR count). The third-order valence-electron chi connectivity index (χ3n) is 4.71.